The molecule has 0 unspecified atom stereocenters. The minimum atomic E-state index is 0.578. The van der Waals surface area contributed by atoms with Gasteiger partial charge in [0.2, 0.25) is 0 Å². The Kier molecular flexibility index (Phi) is 4.02. The number of nitrogens with zero attached hydrogens (tertiary/aromatic N) is 4. The van der Waals surface area contributed by atoms with E-state index < -0.39 is 0 Å². The van der Waals surface area contributed by atoms with Crippen molar-refractivity contribution in [2.24, 2.45) is 5.92 Å². The van der Waals surface area contributed by atoms with Crippen molar-refractivity contribution in [1.82, 2.24) is 19.7 Å². The van der Waals surface area contributed by atoms with E-state index in [2.05, 4.69) is 48.1 Å². The number of hydrogen-bond acceptors (Lipinski definition) is 4. The number of rotatable bonds is 5. The van der Waals surface area contributed by atoms with Crippen LogP contribution < -0.4 is 5.32 Å². The highest BCUT2D eigenvalue weighted by molar-refractivity contribution is 5.87. The number of anilines is 1. The summed E-state index contributed by atoms with van der Waals surface area (Å²) in [7, 11) is 0. The molecule has 0 saturated heterocycles. The lowest BCUT2D eigenvalue weighted by atomic mass is 10.2. The van der Waals surface area contributed by atoms with E-state index in [0.717, 1.165) is 47.9 Å². The van der Waals surface area contributed by atoms with Crippen molar-refractivity contribution in [1.29, 1.82) is 0 Å². The highest BCUT2D eigenvalue weighted by Crippen LogP contribution is 2.23. The summed E-state index contributed by atoms with van der Waals surface area (Å²) in [5, 5.41) is 7.98. The van der Waals surface area contributed by atoms with Crippen LogP contribution in [0.25, 0.3) is 11.0 Å². The van der Waals surface area contributed by atoms with Crippen LogP contribution >= 0.6 is 0 Å². The Bertz CT molecular complexity index is 571. The molecule has 2 heterocycles. The van der Waals surface area contributed by atoms with Crippen LogP contribution in [0.3, 0.4) is 0 Å². The average molecular weight is 261 g/mol. The Morgan fingerprint density at radius 3 is 2.53 bits per heavy atom. The first kappa shape index (κ1) is 13.8. The van der Waals surface area contributed by atoms with Crippen molar-refractivity contribution >= 4 is 16.9 Å². The largest absolute Gasteiger partial charge is 0.368 e. The second kappa shape index (κ2) is 5.55. The van der Waals surface area contributed by atoms with E-state index in [-0.39, 0.29) is 0 Å². The predicted molar refractivity (Wildman–Crippen MR) is 78.4 cm³/mol. The summed E-state index contributed by atoms with van der Waals surface area (Å²) < 4.78 is 1.98. The summed E-state index contributed by atoms with van der Waals surface area (Å²) >= 11 is 0. The van der Waals surface area contributed by atoms with Crippen LogP contribution in [-0.2, 0) is 13.0 Å². The van der Waals surface area contributed by atoms with Crippen LogP contribution in [0.4, 0.5) is 5.82 Å². The van der Waals surface area contributed by atoms with Crippen molar-refractivity contribution in [2.75, 3.05) is 11.9 Å². The van der Waals surface area contributed by atoms with Crippen LogP contribution in [0, 0.1) is 12.8 Å². The molecule has 1 N–H and O–H groups in total. The lowest BCUT2D eigenvalue weighted by Gasteiger charge is -2.11. The molecule has 0 aliphatic carbocycles. The molecule has 0 spiro atoms. The van der Waals surface area contributed by atoms with Gasteiger partial charge in [0.15, 0.2) is 5.82 Å². The Balaban J connectivity index is 2.57. The number of aromatic nitrogens is 4. The van der Waals surface area contributed by atoms with E-state index in [1.54, 1.807) is 0 Å². The number of nitrogens with one attached hydrogen (secondary N) is 1. The summed E-state index contributed by atoms with van der Waals surface area (Å²) in [6.45, 7) is 12.3. The van der Waals surface area contributed by atoms with Crippen molar-refractivity contribution in [3.63, 3.8) is 0 Å². The molecule has 0 aromatic carbocycles. The zero-order valence-corrected chi connectivity index (χ0v) is 12.5. The van der Waals surface area contributed by atoms with Gasteiger partial charge in [0.05, 0.1) is 5.69 Å². The summed E-state index contributed by atoms with van der Waals surface area (Å²) in [6.07, 6.45) is 0.836. The van der Waals surface area contributed by atoms with Crippen LogP contribution in [0.15, 0.2) is 0 Å². The molecule has 0 bridgehead atoms. The van der Waals surface area contributed by atoms with Crippen molar-refractivity contribution in [3.05, 3.63) is 11.5 Å². The molecule has 5 heteroatoms. The molecule has 19 heavy (non-hydrogen) atoms. The molecule has 0 amide bonds. The first-order valence-corrected chi connectivity index (χ1v) is 7.04. The van der Waals surface area contributed by atoms with Crippen LogP contribution in [0.5, 0.6) is 0 Å². The fourth-order valence-corrected chi connectivity index (χ4v) is 2.09. The van der Waals surface area contributed by atoms with Gasteiger partial charge in [0.1, 0.15) is 16.9 Å². The van der Waals surface area contributed by atoms with Gasteiger partial charge in [0, 0.05) is 19.5 Å². The lowest BCUT2D eigenvalue weighted by molar-refractivity contribution is 0.670. The number of fused-ring (bicyclic) bond motifs is 1. The second-order valence-corrected chi connectivity index (χ2v) is 5.22. The van der Waals surface area contributed by atoms with E-state index in [9.17, 15) is 0 Å². The molecular formula is C14H23N5. The molecule has 0 fully saturated rings. The summed E-state index contributed by atoms with van der Waals surface area (Å²) in [6, 6.07) is 0. The molecule has 0 atom stereocenters. The maximum absolute atomic E-state index is 4.63. The van der Waals surface area contributed by atoms with Gasteiger partial charge >= 0.3 is 0 Å². The molecule has 0 aliphatic rings. The minimum Gasteiger partial charge on any atom is -0.368 e. The average Bonchev–Trinajstić information content (AvgIpc) is 2.72. The number of aryl methyl sites for hydroxylation is 3. The molecule has 2 aromatic rings. The van der Waals surface area contributed by atoms with Crippen molar-refractivity contribution in [2.45, 2.75) is 47.6 Å². The topological polar surface area (TPSA) is 55.6 Å². The Labute approximate surface area is 114 Å². The monoisotopic (exact) mass is 261 g/mol. The van der Waals surface area contributed by atoms with Gasteiger partial charge < -0.3 is 5.32 Å². The van der Waals surface area contributed by atoms with E-state index in [1.807, 2.05) is 11.6 Å². The standard InChI is InChI=1S/C14H23N5/c1-6-11-16-12-10(5)18-19(7-2)13(12)14(17-11)15-8-9(3)4/h9H,6-8H2,1-5H3,(H,15,16,17). The first-order chi connectivity index (χ1) is 9.06. The Hall–Kier alpha value is -1.65. The molecule has 2 rings (SSSR count). The third-order valence-electron chi connectivity index (χ3n) is 3.10. The minimum absolute atomic E-state index is 0.578. The summed E-state index contributed by atoms with van der Waals surface area (Å²) in [5.41, 5.74) is 2.97. The normalized spacial score (nSPS) is 11.5. The molecule has 0 aliphatic heterocycles. The van der Waals surface area contributed by atoms with Gasteiger partial charge in [-0.3, -0.25) is 4.68 Å². The smallest absolute Gasteiger partial charge is 0.156 e. The maximum atomic E-state index is 4.63. The van der Waals surface area contributed by atoms with Crippen molar-refractivity contribution < 1.29 is 0 Å². The molecular weight excluding hydrogens is 238 g/mol. The maximum Gasteiger partial charge on any atom is 0.156 e. The van der Waals surface area contributed by atoms with E-state index >= 15 is 0 Å². The third-order valence-corrected chi connectivity index (χ3v) is 3.10. The van der Waals surface area contributed by atoms with Gasteiger partial charge in [-0.25, -0.2) is 9.97 Å². The Morgan fingerprint density at radius 2 is 1.95 bits per heavy atom. The number of hydrogen-bond donors (Lipinski definition) is 1. The molecule has 5 nitrogen and oxygen atoms in total. The lowest BCUT2D eigenvalue weighted by Crippen LogP contribution is -2.12. The van der Waals surface area contributed by atoms with E-state index in [4.69, 9.17) is 0 Å². The van der Waals surface area contributed by atoms with Crippen molar-refractivity contribution in [3.8, 4) is 0 Å². The fourth-order valence-electron chi connectivity index (χ4n) is 2.09. The quantitative estimate of drug-likeness (QED) is 0.899. The van der Waals surface area contributed by atoms with Crippen LogP contribution in [-0.4, -0.2) is 26.3 Å². The van der Waals surface area contributed by atoms with Gasteiger partial charge in [-0.15, -0.1) is 0 Å². The molecule has 0 saturated carbocycles. The van der Waals surface area contributed by atoms with Crippen LogP contribution in [0.2, 0.25) is 0 Å². The van der Waals surface area contributed by atoms with Gasteiger partial charge in [-0.2, -0.15) is 5.10 Å². The Morgan fingerprint density at radius 1 is 1.21 bits per heavy atom. The first-order valence-electron chi connectivity index (χ1n) is 7.04. The van der Waals surface area contributed by atoms with Crippen LogP contribution in [0.1, 0.15) is 39.2 Å². The van der Waals surface area contributed by atoms with Gasteiger partial charge in [-0.05, 0) is 19.8 Å². The molecule has 0 radical (unpaired) electrons. The SMILES string of the molecule is CCc1nc(NCC(C)C)c2c(n1)c(C)nn2CC. The summed E-state index contributed by atoms with van der Waals surface area (Å²) in [5.74, 6) is 2.37. The molecule has 104 valence electrons. The summed E-state index contributed by atoms with van der Waals surface area (Å²) in [4.78, 5) is 9.25. The highest BCUT2D eigenvalue weighted by atomic mass is 15.3. The second-order valence-electron chi connectivity index (χ2n) is 5.22. The van der Waals surface area contributed by atoms with Gasteiger partial charge in [-0.1, -0.05) is 20.8 Å². The predicted octanol–water partition coefficient (Wildman–Crippen LogP) is 2.78. The third kappa shape index (κ3) is 2.69. The van der Waals surface area contributed by atoms with Gasteiger partial charge in [0.25, 0.3) is 0 Å². The highest BCUT2D eigenvalue weighted by Gasteiger charge is 2.15. The fraction of sp³-hybridized carbons (Fsp3) is 0.643. The van der Waals surface area contributed by atoms with E-state index in [0.29, 0.717) is 5.92 Å². The molecule has 2 aromatic heterocycles. The van der Waals surface area contributed by atoms with E-state index in [1.165, 1.54) is 0 Å². The zero-order valence-electron chi connectivity index (χ0n) is 12.5. The zero-order chi connectivity index (χ0) is 14.0.